The van der Waals surface area contributed by atoms with E-state index in [0.29, 0.717) is 5.69 Å². The van der Waals surface area contributed by atoms with Crippen LogP contribution in [0.15, 0.2) is 24.3 Å². The fourth-order valence-corrected chi connectivity index (χ4v) is 1.37. The van der Waals surface area contributed by atoms with Crippen LogP contribution in [0.1, 0.15) is 26.3 Å². The summed E-state index contributed by atoms with van der Waals surface area (Å²) in [5.74, 6) is -0.294. The average molecular weight is 280 g/mol. The molecule has 1 rings (SSSR count). The maximum Gasteiger partial charge on any atom is 0.426 e. The molecule has 1 aromatic rings. The van der Waals surface area contributed by atoms with Gasteiger partial charge in [-0.05, 0) is 38.5 Å². The molecule has 1 aromatic carbocycles. The number of carbonyl (C=O) groups excluding carboxylic acids is 2. The van der Waals surface area contributed by atoms with Crippen molar-refractivity contribution in [1.29, 1.82) is 0 Å². The molecule has 0 saturated heterocycles. The topological polar surface area (TPSA) is 76.7 Å². The van der Waals surface area contributed by atoms with Crippen molar-refractivity contribution in [2.45, 2.75) is 32.8 Å². The minimum Gasteiger partial charge on any atom is -0.469 e. The Morgan fingerprint density at radius 3 is 2.25 bits per heavy atom. The van der Waals surface area contributed by atoms with Crippen molar-refractivity contribution in [3.05, 3.63) is 29.8 Å². The number of hydrazine groups is 1. The maximum absolute atomic E-state index is 11.4. The molecule has 2 N–H and O–H groups in total. The molecule has 0 saturated carbocycles. The van der Waals surface area contributed by atoms with E-state index in [4.69, 9.17) is 4.74 Å². The van der Waals surface area contributed by atoms with Crippen molar-refractivity contribution < 1.29 is 19.1 Å². The van der Waals surface area contributed by atoms with Crippen LogP contribution in [0.3, 0.4) is 0 Å². The zero-order valence-corrected chi connectivity index (χ0v) is 12.1. The number of hydrogen-bond donors (Lipinski definition) is 2. The fourth-order valence-electron chi connectivity index (χ4n) is 1.37. The molecular formula is C14H20N2O4. The van der Waals surface area contributed by atoms with Gasteiger partial charge in [-0.3, -0.25) is 10.2 Å². The van der Waals surface area contributed by atoms with Gasteiger partial charge in [0.2, 0.25) is 0 Å². The quantitative estimate of drug-likeness (QED) is 0.653. The third kappa shape index (κ3) is 6.08. The third-order valence-electron chi connectivity index (χ3n) is 2.24. The van der Waals surface area contributed by atoms with Gasteiger partial charge in [-0.25, -0.2) is 10.2 Å². The Morgan fingerprint density at radius 1 is 1.15 bits per heavy atom. The van der Waals surface area contributed by atoms with Gasteiger partial charge in [0.1, 0.15) is 5.60 Å². The summed E-state index contributed by atoms with van der Waals surface area (Å²) < 4.78 is 9.66. The first kappa shape index (κ1) is 15.8. The lowest BCUT2D eigenvalue weighted by Crippen LogP contribution is -2.35. The lowest BCUT2D eigenvalue weighted by atomic mass is 10.1. The van der Waals surface area contributed by atoms with E-state index in [1.165, 1.54) is 7.11 Å². The van der Waals surface area contributed by atoms with Crippen molar-refractivity contribution in [3.63, 3.8) is 0 Å². The van der Waals surface area contributed by atoms with Crippen LogP contribution in [0, 0.1) is 0 Å². The van der Waals surface area contributed by atoms with Crippen molar-refractivity contribution in [1.82, 2.24) is 5.43 Å². The maximum atomic E-state index is 11.4. The molecule has 0 heterocycles. The van der Waals surface area contributed by atoms with Crippen LogP contribution in [0.25, 0.3) is 0 Å². The van der Waals surface area contributed by atoms with E-state index in [1.807, 2.05) is 0 Å². The highest BCUT2D eigenvalue weighted by atomic mass is 16.6. The standard InChI is InChI=1S/C14H20N2O4/c1-14(2,3)20-13(18)16-15-11-7-5-10(6-8-11)9-12(17)19-4/h5-8,15H,9H2,1-4H3,(H,16,18). The number of benzene rings is 1. The first-order chi connectivity index (χ1) is 9.30. The van der Waals surface area contributed by atoms with Gasteiger partial charge in [-0.1, -0.05) is 12.1 Å². The number of carbonyl (C=O) groups is 2. The van der Waals surface area contributed by atoms with Gasteiger partial charge in [0, 0.05) is 0 Å². The molecule has 0 bridgehead atoms. The Balaban J connectivity index is 2.46. The second-order valence-corrected chi connectivity index (χ2v) is 5.20. The number of nitrogens with one attached hydrogen (secondary N) is 2. The number of methoxy groups -OCH3 is 1. The molecule has 0 aromatic heterocycles. The smallest absolute Gasteiger partial charge is 0.426 e. The molecule has 0 fully saturated rings. The predicted molar refractivity (Wildman–Crippen MR) is 75.2 cm³/mol. The van der Waals surface area contributed by atoms with E-state index in [0.717, 1.165) is 5.56 Å². The Labute approximate surface area is 118 Å². The van der Waals surface area contributed by atoms with E-state index in [-0.39, 0.29) is 12.4 Å². The van der Waals surface area contributed by atoms with Crippen molar-refractivity contribution in [2.24, 2.45) is 0 Å². The van der Waals surface area contributed by atoms with Gasteiger partial charge >= 0.3 is 12.1 Å². The Bertz CT molecular complexity index is 463. The van der Waals surface area contributed by atoms with Gasteiger partial charge in [0.15, 0.2) is 0 Å². The molecule has 0 radical (unpaired) electrons. The average Bonchev–Trinajstić information content (AvgIpc) is 2.36. The fraction of sp³-hybridized carbons (Fsp3) is 0.429. The number of amides is 1. The molecular weight excluding hydrogens is 260 g/mol. The lowest BCUT2D eigenvalue weighted by molar-refractivity contribution is -0.139. The summed E-state index contributed by atoms with van der Waals surface area (Å²) >= 11 is 0. The number of ether oxygens (including phenoxy) is 2. The minimum absolute atomic E-state index is 0.219. The van der Waals surface area contributed by atoms with Gasteiger partial charge in [-0.2, -0.15) is 0 Å². The van der Waals surface area contributed by atoms with Crippen molar-refractivity contribution >= 4 is 17.7 Å². The van der Waals surface area contributed by atoms with Gasteiger partial charge in [0.05, 0.1) is 19.2 Å². The first-order valence-electron chi connectivity index (χ1n) is 6.21. The summed E-state index contributed by atoms with van der Waals surface area (Å²) in [6, 6.07) is 7.04. The molecule has 0 spiro atoms. The minimum atomic E-state index is -0.559. The van der Waals surface area contributed by atoms with Gasteiger partial charge in [-0.15, -0.1) is 0 Å². The predicted octanol–water partition coefficient (Wildman–Crippen LogP) is 2.25. The highest BCUT2D eigenvalue weighted by molar-refractivity contribution is 5.73. The van der Waals surface area contributed by atoms with Crippen molar-refractivity contribution in [2.75, 3.05) is 12.5 Å². The zero-order valence-electron chi connectivity index (χ0n) is 12.1. The van der Waals surface area contributed by atoms with Gasteiger partial charge in [0.25, 0.3) is 0 Å². The van der Waals surface area contributed by atoms with Crippen molar-refractivity contribution in [3.8, 4) is 0 Å². The van der Waals surface area contributed by atoms with Crippen LogP contribution < -0.4 is 10.9 Å². The van der Waals surface area contributed by atoms with Gasteiger partial charge < -0.3 is 9.47 Å². The second-order valence-electron chi connectivity index (χ2n) is 5.20. The third-order valence-corrected chi connectivity index (χ3v) is 2.24. The Hall–Kier alpha value is -2.24. The summed E-state index contributed by atoms with van der Waals surface area (Å²) in [6.45, 7) is 5.36. The molecule has 0 aliphatic carbocycles. The van der Waals surface area contributed by atoms with Crippen LogP contribution >= 0.6 is 0 Å². The number of hydrogen-bond acceptors (Lipinski definition) is 5. The van der Waals surface area contributed by atoms with Crippen LogP contribution in [0.4, 0.5) is 10.5 Å². The highest BCUT2D eigenvalue weighted by Crippen LogP contribution is 2.10. The van der Waals surface area contributed by atoms with E-state index in [1.54, 1.807) is 45.0 Å². The molecule has 0 aliphatic heterocycles. The summed E-state index contributed by atoms with van der Waals surface area (Å²) in [6.07, 6.45) is -0.341. The SMILES string of the molecule is COC(=O)Cc1ccc(NNC(=O)OC(C)(C)C)cc1. The Kier molecular flexibility index (Phi) is 5.37. The molecule has 0 unspecified atom stereocenters. The lowest BCUT2D eigenvalue weighted by Gasteiger charge is -2.20. The molecule has 110 valence electrons. The zero-order chi connectivity index (χ0) is 15.2. The first-order valence-corrected chi connectivity index (χ1v) is 6.21. The van der Waals surface area contributed by atoms with Crippen LogP contribution in [-0.2, 0) is 20.7 Å². The normalized spacial score (nSPS) is 10.6. The molecule has 20 heavy (non-hydrogen) atoms. The second kappa shape index (κ2) is 6.79. The molecule has 6 heteroatoms. The molecule has 0 atom stereocenters. The van der Waals surface area contributed by atoms with Crippen LogP contribution in [0.5, 0.6) is 0 Å². The molecule has 1 amide bonds. The summed E-state index contributed by atoms with van der Waals surface area (Å²) in [5, 5.41) is 0. The number of rotatable bonds is 4. The monoisotopic (exact) mass is 280 g/mol. The highest BCUT2D eigenvalue weighted by Gasteiger charge is 2.15. The van der Waals surface area contributed by atoms with E-state index in [9.17, 15) is 9.59 Å². The number of esters is 1. The summed E-state index contributed by atoms with van der Waals surface area (Å²) in [7, 11) is 1.35. The summed E-state index contributed by atoms with van der Waals surface area (Å²) in [4.78, 5) is 22.5. The Morgan fingerprint density at radius 2 is 1.75 bits per heavy atom. The molecule has 0 aliphatic rings. The van der Waals surface area contributed by atoms with Crippen LogP contribution in [0.2, 0.25) is 0 Å². The van der Waals surface area contributed by atoms with E-state index >= 15 is 0 Å². The summed E-state index contributed by atoms with van der Waals surface area (Å²) in [5.41, 5.74) is 6.12. The largest absolute Gasteiger partial charge is 0.469 e. The van der Waals surface area contributed by atoms with E-state index in [2.05, 4.69) is 15.6 Å². The number of anilines is 1. The van der Waals surface area contributed by atoms with E-state index < -0.39 is 11.7 Å². The molecule has 6 nitrogen and oxygen atoms in total. The van der Waals surface area contributed by atoms with Crippen LogP contribution in [-0.4, -0.2) is 24.8 Å².